The lowest BCUT2D eigenvalue weighted by Crippen LogP contribution is -2.66. The van der Waals surface area contributed by atoms with Gasteiger partial charge in [-0.15, -0.1) is 0 Å². The Hall–Kier alpha value is -0.160. The van der Waals surface area contributed by atoms with E-state index in [1.807, 2.05) is 0 Å². The Balaban J connectivity index is 1.33. The maximum Gasteiger partial charge on any atom is 0.108 e. The molecule has 0 aliphatic heterocycles. The summed E-state index contributed by atoms with van der Waals surface area (Å²) in [6, 6.07) is 0. The molecule has 0 saturated heterocycles. The Morgan fingerprint density at radius 3 is 1.85 bits per heavy atom. The SMILES string of the molecule is CC(CCC(O)C(O)C(O)CO)C1CCC2(C)C1CCC1(C)C2CCC2C3(C)CCC(C)C(C)(C)C3CCC21C. The topological polar surface area (TPSA) is 80.9 Å². The van der Waals surface area contributed by atoms with Crippen LogP contribution < -0.4 is 0 Å². The summed E-state index contributed by atoms with van der Waals surface area (Å²) in [6.07, 6.45) is 11.7. The van der Waals surface area contributed by atoms with Crippen molar-refractivity contribution in [3.63, 3.8) is 0 Å². The third kappa shape index (κ3) is 4.34. The molecule has 14 atom stereocenters. The Labute approximate surface area is 246 Å². The third-order valence-electron chi connectivity index (χ3n) is 16.2. The van der Waals surface area contributed by atoms with Crippen molar-refractivity contribution in [1.29, 1.82) is 0 Å². The van der Waals surface area contributed by atoms with Gasteiger partial charge in [0.15, 0.2) is 0 Å². The largest absolute Gasteiger partial charge is 0.394 e. The normalized spacial score (nSPS) is 51.0. The summed E-state index contributed by atoms with van der Waals surface area (Å²) in [6.45, 7) is 20.4. The summed E-state index contributed by atoms with van der Waals surface area (Å²) in [4.78, 5) is 0. The van der Waals surface area contributed by atoms with Crippen LogP contribution in [0.5, 0.6) is 0 Å². The highest BCUT2D eigenvalue weighted by Gasteiger charge is 2.70. The molecule has 4 nitrogen and oxygen atoms in total. The first-order valence-electron chi connectivity index (χ1n) is 17.2. The van der Waals surface area contributed by atoms with Crippen molar-refractivity contribution < 1.29 is 20.4 Å². The van der Waals surface area contributed by atoms with Crippen LogP contribution in [0.15, 0.2) is 0 Å². The number of hydrogen-bond acceptors (Lipinski definition) is 4. The standard InChI is InChI=1S/C36H64O4/c1-22(9-10-26(38)31(40)27(39)21-37)24-14-18-33(5)25(24)15-19-35(7)29(33)11-12-30-34(6)17-13-23(2)32(3,4)28(34)16-20-36(30,35)8/h22-31,37-40H,9-21H2,1-8H3. The monoisotopic (exact) mass is 560 g/mol. The number of aliphatic hydroxyl groups excluding tert-OH is 4. The Bertz CT molecular complexity index is 918. The third-order valence-corrected chi connectivity index (χ3v) is 16.2. The van der Waals surface area contributed by atoms with Crippen molar-refractivity contribution in [3.8, 4) is 0 Å². The zero-order valence-corrected chi connectivity index (χ0v) is 27.3. The van der Waals surface area contributed by atoms with Crippen molar-refractivity contribution in [2.75, 3.05) is 6.61 Å². The van der Waals surface area contributed by atoms with E-state index < -0.39 is 24.9 Å². The molecule has 0 aromatic rings. The molecule has 5 fully saturated rings. The van der Waals surface area contributed by atoms with Gasteiger partial charge in [-0.3, -0.25) is 0 Å². The van der Waals surface area contributed by atoms with Crippen molar-refractivity contribution in [3.05, 3.63) is 0 Å². The van der Waals surface area contributed by atoms with E-state index in [0.29, 0.717) is 45.3 Å². The maximum atomic E-state index is 10.4. The van der Waals surface area contributed by atoms with Gasteiger partial charge < -0.3 is 20.4 Å². The van der Waals surface area contributed by atoms with E-state index in [0.717, 1.165) is 36.0 Å². The van der Waals surface area contributed by atoms with Gasteiger partial charge in [-0.25, -0.2) is 0 Å². The maximum absolute atomic E-state index is 10.4. The molecule has 0 spiro atoms. The van der Waals surface area contributed by atoms with Gasteiger partial charge >= 0.3 is 0 Å². The van der Waals surface area contributed by atoms with E-state index in [4.69, 9.17) is 5.11 Å². The zero-order chi connectivity index (χ0) is 29.5. The summed E-state index contributed by atoms with van der Waals surface area (Å²) < 4.78 is 0. The van der Waals surface area contributed by atoms with Crippen LogP contribution in [0.3, 0.4) is 0 Å². The van der Waals surface area contributed by atoms with Crippen molar-refractivity contribution in [1.82, 2.24) is 0 Å². The van der Waals surface area contributed by atoms with Crippen LogP contribution >= 0.6 is 0 Å². The molecule has 0 amide bonds. The molecule has 232 valence electrons. The molecule has 0 aromatic carbocycles. The van der Waals surface area contributed by atoms with Crippen LogP contribution in [0.25, 0.3) is 0 Å². The number of fused-ring (bicyclic) bond motifs is 7. The van der Waals surface area contributed by atoms with Crippen molar-refractivity contribution in [2.24, 2.45) is 68.5 Å². The van der Waals surface area contributed by atoms with E-state index in [1.54, 1.807) is 0 Å². The summed E-state index contributed by atoms with van der Waals surface area (Å²) in [5.74, 6) is 5.28. The second kappa shape index (κ2) is 10.5. The lowest BCUT2D eigenvalue weighted by Gasteiger charge is -2.73. The zero-order valence-electron chi connectivity index (χ0n) is 27.3. The van der Waals surface area contributed by atoms with E-state index in [9.17, 15) is 15.3 Å². The van der Waals surface area contributed by atoms with Gasteiger partial charge in [0.25, 0.3) is 0 Å². The van der Waals surface area contributed by atoms with Crippen LogP contribution in [-0.2, 0) is 0 Å². The van der Waals surface area contributed by atoms with E-state index >= 15 is 0 Å². The Morgan fingerprint density at radius 1 is 0.650 bits per heavy atom. The molecular formula is C36H64O4. The van der Waals surface area contributed by atoms with E-state index in [2.05, 4.69) is 55.4 Å². The summed E-state index contributed by atoms with van der Waals surface area (Å²) >= 11 is 0. The molecule has 5 aliphatic rings. The highest BCUT2D eigenvalue weighted by atomic mass is 16.4. The number of hydrogen-bond donors (Lipinski definition) is 4. The minimum atomic E-state index is -1.27. The summed E-state index contributed by atoms with van der Waals surface area (Å²) in [5.41, 5.74) is 2.19. The Morgan fingerprint density at radius 2 is 1.23 bits per heavy atom. The van der Waals surface area contributed by atoms with Crippen LogP contribution in [0.1, 0.15) is 132 Å². The first-order chi connectivity index (χ1) is 18.6. The second-order valence-electron chi connectivity index (χ2n) is 17.6. The van der Waals surface area contributed by atoms with Crippen molar-refractivity contribution >= 4 is 0 Å². The fourth-order valence-electron chi connectivity index (χ4n) is 13.3. The number of aliphatic hydroxyl groups is 4. The molecule has 5 saturated carbocycles. The fourth-order valence-corrected chi connectivity index (χ4v) is 13.3. The highest BCUT2D eigenvalue weighted by molar-refractivity contribution is 5.19. The van der Waals surface area contributed by atoms with Crippen molar-refractivity contribution in [2.45, 2.75) is 151 Å². The van der Waals surface area contributed by atoms with E-state index in [1.165, 1.54) is 64.2 Å². The first-order valence-corrected chi connectivity index (χ1v) is 17.2. The molecule has 40 heavy (non-hydrogen) atoms. The van der Waals surface area contributed by atoms with Crippen LogP contribution in [0, 0.1) is 68.5 Å². The average Bonchev–Trinajstić information content (AvgIpc) is 3.26. The van der Waals surface area contributed by atoms with Crippen LogP contribution in [0.2, 0.25) is 0 Å². The lowest BCUT2D eigenvalue weighted by atomic mass is 9.31. The summed E-state index contributed by atoms with van der Waals surface area (Å²) in [7, 11) is 0. The van der Waals surface area contributed by atoms with Gasteiger partial charge in [0, 0.05) is 0 Å². The van der Waals surface area contributed by atoms with Crippen LogP contribution in [0.4, 0.5) is 0 Å². The minimum absolute atomic E-state index is 0.406. The molecule has 0 radical (unpaired) electrons. The van der Waals surface area contributed by atoms with Crippen LogP contribution in [-0.4, -0.2) is 45.3 Å². The molecule has 5 aliphatic carbocycles. The molecule has 0 bridgehead atoms. The molecule has 5 rings (SSSR count). The Kier molecular flexibility index (Phi) is 8.19. The molecule has 14 unspecified atom stereocenters. The van der Waals surface area contributed by atoms with Gasteiger partial charge in [-0.2, -0.15) is 0 Å². The molecule has 0 aromatic heterocycles. The average molecular weight is 561 g/mol. The lowest BCUT2D eigenvalue weighted by molar-refractivity contribution is -0.246. The quantitative estimate of drug-likeness (QED) is 0.265. The molecule has 0 heterocycles. The molecule has 4 heteroatoms. The minimum Gasteiger partial charge on any atom is -0.394 e. The molecule has 4 N–H and O–H groups in total. The predicted molar refractivity (Wildman–Crippen MR) is 162 cm³/mol. The predicted octanol–water partition coefficient (Wildman–Crippen LogP) is 7.22. The summed E-state index contributed by atoms with van der Waals surface area (Å²) in [5, 5.41) is 39.5. The second-order valence-corrected chi connectivity index (χ2v) is 17.6. The fraction of sp³-hybridized carbons (Fsp3) is 1.00. The van der Waals surface area contributed by atoms with Gasteiger partial charge in [-0.1, -0.05) is 55.4 Å². The smallest absolute Gasteiger partial charge is 0.108 e. The van der Waals surface area contributed by atoms with Gasteiger partial charge in [-0.05, 0) is 146 Å². The number of rotatable bonds is 7. The van der Waals surface area contributed by atoms with Gasteiger partial charge in [0.1, 0.15) is 12.2 Å². The first kappa shape index (κ1) is 31.3. The molecular weight excluding hydrogens is 496 g/mol. The van der Waals surface area contributed by atoms with Gasteiger partial charge in [0.2, 0.25) is 0 Å². The highest BCUT2D eigenvalue weighted by Crippen LogP contribution is 2.78. The van der Waals surface area contributed by atoms with E-state index in [-0.39, 0.29) is 0 Å². The van der Waals surface area contributed by atoms with Gasteiger partial charge in [0.05, 0.1) is 12.7 Å².